The summed E-state index contributed by atoms with van der Waals surface area (Å²) in [6.45, 7) is 2.37. The number of piperidine rings is 1. The Bertz CT molecular complexity index is 1010. The first-order chi connectivity index (χ1) is 13.8. The van der Waals surface area contributed by atoms with Crippen molar-refractivity contribution in [2.75, 3.05) is 6.54 Å². The van der Waals surface area contributed by atoms with E-state index in [1.807, 2.05) is 6.92 Å². The Kier molecular flexibility index (Phi) is 6.29. The number of sulfonamides is 1. The Morgan fingerprint density at radius 2 is 1.66 bits per heavy atom. The highest BCUT2D eigenvalue weighted by atomic mass is 32.2. The lowest BCUT2D eigenvalue weighted by atomic mass is 10.1. The lowest BCUT2D eigenvalue weighted by Crippen LogP contribution is -2.42. The van der Waals surface area contributed by atoms with Crippen molar-refractivity contribution in [3.8, 4) is 0 Å². The molecule has 1 heterocycles. The van der Waals surface area contributed by atoms with Crippen LogP contribution < -0.4 is 10.9 Å². The fraction of sp³-hybridized carbons (Fsp3) is 0.300. The molecule has 0 radical (unpaired) electrons. The topological polar surface area (TPSA) is 95.6 Å². The summed E-state index contributed by atoms with van der Waals surface area (Å²) in [7, 11) is -3.63. The van der Waals surface area contributed by atoms with Gasteiger partial charge in [0, 0.05) is 18.2 Å². The Hall–Kier alpha value is -2.78. The molecule has 7 nitrogen and oxygen atoms in total. The van der Waals surface area contributed by atoms with Crippen molar-refractivity contribution in [3.63, 3.8) is 0 Å². The first-order valence-electron chi connectivity index (χ1n) is 9.28. The van der Waals surface area contributed by atoms with Crippen molar-refractivity contribution in [2.24, 2.45) is 0 Å². The van der Waals surface area contributed by atoms with Crippen LogP contribution >= 0.6 is 0 Å². The summed E-state index contributed by atoms with van der Waals surface area (Å²) in [6, 6.07) is 10.8. The molecule has 0 spiro atoms. The first-order valence-corrected chi connectivity index (χ1v) is 10.7. The quantitative estimate of drug-likeness (QED) is 0.745. The maximum atomic E-state index is 13.6. The van der Waals surface area contributed by atoms with Crippen LogP contribution in [0.2, 0.25) is 0 Å². The fourth-order valence-electron chi connectivity index (χ4n) is 3.24. The zero-order valence-corrected chi connectivity index (χ0v) is 16.7. The third kappa shape index (κ3) is 4.63. The zero-order chi connectivity index (χ0) is 21.0. The van der Waals surface area contributed by atoms with Gasteiger partial charge in [0.25, 0.3) is 11.8 Å². The minimum Gasteiger partial charge on any atom is -0.267 e. The largest absolute Gasteiger partial charge is 0.272 e. The van der Waals surface area contributed by atoms with Crippen LogP contribution in [0.3, 0.4) is 0 Å². The van der Waals surface area contributed by atoms with Crippen LogP contribution in [-0.2, 0) is 10.0 Å². The van der Waals surface area contributed by atoms with E-state index in [4.69, 9.17) is 0 Å². The third-order valence-corrected chi connectivity index (χ3v) is 6.90. The number of amides is 2. The van der Waals surface area contributed by atoms with Gasteiger partial charge >= 0.3 is 0 Å². The van der Waals surface area contributed by atoms with Crippen LogP contribution in [0.15, 0.2) is 53.4 Å². The van der Waals surface area contributed by atoms with Crippen LogP contribution in [0.25, 0.3) is 0 Å². The maximum absolute atomic E-state index is 13.6. The second-order valence-corrected chi connectivity index (χ2v) is 8.76. The Balaban J connectivity index is 1.66. The number of carbonyl (C=O) groups is 2. The number of hydrogen-bond donors (Lipinski definition) is 2. The zero-order valence-electron chi connectivity index (χ0n) is 15.9. The van der Waals surface area contributed by atoms with Crippen molar-refractivity contribution in [2.45, 2.75) is 37.1 Å². The van der Waals surface area contributed by atoms with Gasteiger partial charge < -0.3 is 0 Å². The van der Waals surface area contributed by atoms with Gasteiger partial charge in [0.15, 0.2) is 0 Å². The maximum Gasteiger partial charge on any atom is 0.272 e. The highest BCUT2D eigenvalue weighted by Crippen LogP contribution is 2.25. The van der Waals surface area contributed by atoms with Gasteiger partial charge in [0.1, 0.15) is 5.82 Å². The summed E-state index contributed by atoms with van der Waals surface area (Å²) >= 11 is 0. The van der Waals surface area contributed by atoms with E-state index in [9.17, 15) is 22.4 Å². The van der Waals surface area contributed by atoms with Gasteiger partial charge in [-0.15, -0.1) is 0 Å². The highest BCUT2D eigenvalue weighted by Gasteiger charge is 2.30. The summed E-state index contributed by atoms with van der Waals surface area (Å²) < 4.78 is 40.7. The molecular weight excluding hydrogens is 397 g/mol. The van der Waals surface area contributed by atoms with E-state index in [1.165, 1.54) is 46.8 Å². The molecule has 29 heavy (non-hydrogen) atoms. The Labute approximate surface area is 168 Å². The molecule has 0 unspecified atom stereocenters. The molecule has 2 amide bonds. The van der Waals surface area contributed by atoms with E-state index in [-0.39, 0.29) is 22.1 Å². The molecule has 2 aromatic carbocycles. The monoisotopic (exact) mass is 419 g/mol. The van der Waals surface area contributed by atoms with Crippen molar-refractivity contribution in [1.82, 2.24) is 15.2 Å². The molecular formula is C20H22FN3O4S. The lowest BCUT2D eigenvalue weighted by Gasteiger charge is -2.32. The Morgan fingerprint density at radius 3 is 2.31 bits per heavy atom. The van der Waals surface area contributed by atoms with E-state index in [0.717, 1.165) is 25.3 Å². The lowest BCUT2D eigenvalue weighted by molar-refractivity contribution is 0.0844. The number of rotatable bonds is 4. The number of halogens is 1. The first kappa shape index (κ1) is 20.9. The van der Waals surface area contributed by atoms with Crippen LogP contribution in [0.4, 0.5) is 4.39 Å². The van der Waals surface area contributed by atoms with Gasteiger partial charge in [-0.2, -0.15) is 4.31 Å². The van der Waals surface area contributed by atoms with Gasteiger partial charge in [0.05, 0.1) is 10.5 Å². The second-order valence-electron chi connectivity index (χ2n) is 6.87. The van der Waals surface area contributed by atoms with Gasteiger partial charge in [-0.05, 0) is 56.2 Å². The smallest absolute Gasteiger partial charge is 0.267 e. The predicted octanol–water partition coefficient (Wildman–Crippen LogP) is 2.46. The summed E-state index contributed by atoms with van der Waals surface area (Å²) in [5.74, 6) is -2.15. The van der Waals surface area contributed by atoms with E-state index in [0.29, 0.717) is 6.54 Å². The van der Waals surface area contributed by atoms with Crippen molar-refractivity contribution in [3.05, 3.63) is 65.5 Å². The third-order valence-electron chi connectivity index (χ3n) is 4.87. The van der Waals surface area contributed by atoms with Crippen LogP contribution in [0.1, 0.15) is 46.9 Å². The number of nitrogens with zero attached hydrogens (tertiary/aromatic N) is 1. The van der Waals surface area contributed by atoms with Crippen LogP contribution in [0.5, 0.6) is 0 Å². The molecule has 1 atom stereocenters. The normalized spacial score (nSPS) is 17.5. The number of hydrogen-bond acceptors (Lipinski definition) is 4. The minimum atomic E-state index is -3.63. The van der Waals surface area contributed by atoms with Gasteiger partial charge in [-0.3, -0.25) is 20.4 Å². The van der Waals surface area contributed by atoms with E-state index in [1.54, 1.807) is 0 Å². The summed E-state index contributed by atoms with van der Waals surface area (Å²) in [5.41, 5.74) is 4.28. The number of hydrazine groups is 1. The van der Waals surface area contributed by atoms with Gasteiger partial charge in [-0.1, -0.05) is 18.6 Å². The number of carbonyl (C=O) groups excluding carboxylic acids is 2. The standard InChI is InChI=1S/C20H22FN3O4S/c1-14-6-4-5-13-24(14)29(27,28)16-11-9-15(10-12-16)19(25)22-23-20(26)17-7-2-3-8-18(17)21/h2-3,7-12,14H,4-6,13H2,1H3,(H,22,25)(H,23,26)/t14-/m1/s1. The van der Waals surface area contributed by atoms with Crippen molar-refractivity contribution < 1.29 is 22.4 Å². The molecule has 3 rings (SSSR count). The average molecular weight is 419 g/mol. The fourth-order valence-corrected chi connectivity index (χ4v) is 4.94. The molecule has 154 valence electrons. The number of nitrogens with one attached hydrogen (secondary N) is 2. The molecule has 1 aliphatic heterocycles. The molecule has 2 N–H and O–H groups in total. The van der Waals surface area contributed by atoms with Crippen LogP contribution in [-0.4, -0.2) is 37.1 Å². The van der Waals surface area contributed by atoms with Crippen molar-refractivity contribution >= 4 is 21.8 Å². The number of benzene rings is 2. The summed E-state index contributed by atoms with van der Waals surface area (Å²) in [4.78, 5) is 24.3. The SMILES string of the molecule is C[C@@H]1CCCCN1S(=O)(=O)c1ccc(C(=O)NNC(=O)c2ccccc2F)cc1. The molecule has 0 bridgehead atoms. The van der Waals surface area contributed by atoms with Crippen molar-refractivity contribution in [1.29, 1.82) is 0 Å². The minimum absolute atomic E-state index is 0.0645. The molecule has 1 saturated heterocycles. The van der Waals surface area contributed by atoms with E-state index < -0.39 is 27.7 Å². The van der Waals surface area contributed by atoms with Gasteiger partial charge in [0.2, 0.25) is 10.0 Å². The average Bonchev–Trinajstić information content (AvgIpc) is 2.72. The highest BCUT2D eigenvalue weighted by molar-refractivity contribution is 7.89. The van der Waals surface area contributed by atoms with Gasteiger partial charge in [-0.25, -0.2) is 12.8 Å². The van der Waals surface area contributed by atoms with Crippen LogP contribution in [0, 0.1) is 5.82 Å². The van der Waals surface area contributed by atoms with E-state index in [2.05, 4.69) is 10.9 Å². The molecule has 2 aromatic rings. The summed E-state index contributed by atoms with van der Waals surface area (Å²) in [6.07, 6.45) is 2.65. The van der Waals surface area contributed by atoms with E-state index >= 15 is 0 Å². The molecule has 0 aromatic heterocycles. The molecule has 1 aliphatic rings. The molecule has 0 aliphatic carbocycles. The molecule has 0 saturated carbocycles. The predicted molar refractivity (Wildman–Crippen MR) is 105 cm³/mol. The molecule has 1 fully saturated rings. The second kappa shape index (κ2) is 8.71. The summed E-state index contributed by atoms with van der Waals surface area (Å²) in [5, 5.41) is 0. The molecule has 9 heteroatoms. The Morgan fingerprint density at radius 1 is 1.00 bits per heavy atom.